The molecule has 0 radical (unpaired) electrons. The zero-order chi connectivity index (χ0) is 15.2. The van der Waals surface area contributed by atoms with Crippen molar-refractivity contribution in [1.82, 2.24) is 4.90 Å². The SMILES string of the molecule is CCC1COCCN1C(=O)c1ccc(C#CCN)c(C)c1. The van der Waals surface area contributed by atoms with E-state index in [1.165, 1.54) is 0 Å². The third-order valence-corrected chi connectivity index (χ3v) is 3.76. The van der Waals surface area contributed by atoms with Gasteiger partial charge in [0.25, 0.3) is 5.91 Å². The van der Waals surface area contributed by atoms with Gasteiger partial charge in [-0.3, -0.25) is 4.79 Å². The normalized spacial score (nSPS) is 18.0. The lowest BCUT2D eigenvalue weighted by atomic mass is 10.0. The minimum atomic E-state index is 0.0755. The van der Waals surface area contributed by atoms with Crippen LogP contribution < -0.4 is 5.73 Å². The number of rotatable bonds is 2. The molecule has 1 atom stereocenters. The highest BCUT2D eigenvalue weighted by molar-refractivity contribution is 5.95. The van der Waals surface area contributed by atoms with Gasteiger partial charge in [-0.1, -0.05) is 18.8 Å². The number of morpholine rings is 1. The topological polar surface area (TPSA) is 55.6 Å². The van der Waals surface area contributed by atoms with Crippen LogP contribution in [0.5, 0.6) is 0 Å². The zero-order valence-electron chi connectivity index (χ0n) is 12.7. The van der Waals surface area contributed by atoms with Gasteiger partial charge in [0.05, 0.1) is 25.8 Å². The van der Waals surface area contributed by atoms with E-state index >= 15 is 0 Å². The summed E-state index contributed by atoms with van der Waals surface area (Å²) in [6.45, 7) is 6.28. The molecule has 0 saturated carbocycles. The molecule has 1 heterocycles. The van der Waals surface area contributed by atoms with Crippen LogP contribution in [-0.2, 0) is 4.74 Å². The number of nitrogens with two attached hydrogens (primary N) is 1. The molecule has 1 aromatic carbocycles. The molecular weight excluding hydrogens is 264 g/mol. The van der Waals surface area contributed by atoms with E-state index in [1.807, 2.05) is 30.0 Å². The molecule has 21 heavy (non-hydrogen) atoms. The monoisotopic (exact) mass is 286 g/mol. The molecule has 0 aromatic heterocycles. The second kappa shape index (κ2) is 7.26. The van der Waals surface area contributed by atoms with Gasteiger partial charge in [-0.25, -0.2) is 0 Å². The lowest BCUT2D eigenvalue weighted by Crippen LogP contribution is -2.48. The summed E-state index contributed by atoms with van der Waals surface area (Å²) in [6.07, 6.45) is 0.908. The molecule has 4 nitrogen and oxygen atoms in total. The third kappa shape index (κ3) is 3.63. The highest BCUT2D eigenvalue weighted by Crippen LogP contribution is 2.17. The van der Waals surface area contributed by atoms with Crippen LogP contribution in [0.4, 0.5) is 0 Å². The fraction of sp³-hybridized carbons (Fsp3) is 0.471. The van der Waals surface area contributed by atoms with E-state index in [0.29, 0.717) is 31.9 Å². The fourth-order valence-electron chi connectivity index (χ4n) is 2.51. The average molecular weight is 286 g/mol. The van der Waals surface area contributed by atoms with Gasteiger partial charge < -0.3 is 15.4 Å². The number of hydrogen-bond donors (Lipinski definition) is 1. The summed E-state index contributed by atoms with van der Waals surface area (Å²) in [5, 5.41) is 0. The van der Waals surface area contributed by atoms with Crippen LogP contribution in [0, 0.1) is 18.8 Å². The Bertz CT molecular complexity index is 572. The number of amides is 1. The summed E-state index contributed by atoms with van der Waals surface area (Å²) in [5.74, 6) is 5.93. The molecule has 0 bridgehead atoms. The Balaban J connectivity index is 2.21. The minimum Gasteiger partial charge on any atom is -0.377 e. The van der Waals surface area contributed by atoms with Gasteiger partial charge in [-0.05, 0) is 37.1 Å². The number of hydrogen-bond acceptors (Lipinski definition) is 3. The lowest BCUT2D eigenvalue weighted by Gasteiger charge is -2.35. The van der Waals surface area contributed by atoms with Crippen LogP contribution >= 0.6 is 0 Å². The summed E-state index contributed by atoms with van der Waals surface area (Å²) < 4.78 is 5.45. The van der Waals surface area contributed by atoms with Gasteiger partial charge in [0.1, 0.15) is 0 Å². The number of nitrogens with zero attached hydrogens (tertiary/aromatic N) is 1. The van der Waals surface area contributed by atoms with Crippen LogP contribution in [0.2, 0.25) is 0 Å². The van der Waals surface area contributed by atoms with Crippen molar-refractivity contribution in [3.63, 3.8) is 0 Å². The number of benzene rings is 1. The van der Waals surface area contributed by atoms with Gasteiger partial charge >= 0.3 is 0 Å². The van der Waals surface area contributed by atoms with Crippen molar-refractivity contribution in [2.45, 2.75) is 26.3 Å². The summed E-state index contributed by atoms with van der Waals surface area (Å²) in [5.41, 5.74) is 8.03. The van der Waals surface area contributed by atoms with Gasteiger partial charge in [0.15, 0.2) is 0 Å². The van der Waals surface area contributed by atoms with Gasteiger partial charge in [0.2, 0.25) is 0 Å². The number of carbonyl (C=O) groups is 1. The van der Waals surface area contributed by atoms with Crippen LogP contribution in [0.3, 0.4) is 0 Å². The second-order valence-electron chi connectivity index (χ2n) is 5.17. The molecule has 1 aliphatic heterocycles. The van der Waals surface area contributed by atoms with Crippen LogP contribution in [-0.4, -0.2) is 43.2 Å². The van der Waals surface area contributed by atoms with Crippen molar-refractivity contribution in [2.75, 3.05) is 26.3 Å². The van der Waals surface area contributed by atoms with E-state index in [-0.39, 0.29) is 11.9 Å². The van der Waals surface area contributed by atoms with Crippen molar-refractivity contribution in [2.24, 2.45) is 5.73 Å². The van der Waals surface area contributed by atoms with E-state index in [2.05, 4.69) is 18.8 Å². The summed E-state index contributed by atoms with van der Waals surface area (Å²) in [4.78, 5) is 14.6. The first-order valence-electron chi connectivity index (χ1n) is 7.35. The van der Waals surface area contributed by atoms with E-state index in [0.717, 1.165) is 17.5 Å². The first-order valence-corrected chi connectivity index (χ1v) is 7.35. The third-order valence-electron chi connectivity index (χ3n) is 3.76. The quantitative estimate of drug-likeness (QED) is 0.839. The van der Waals surface area contributed by atoms with E-state index in [9.17, 15) is 4.79 Å². The molecule has 112 valence electrons. The molecule has 1 aliphatic rings. The van der Waals surface area contributed by atoms with Gasteiger partial charge in [0, 0.05) is 17.7 Å². The minimum absolute atomic E-state index is 0.0755. The number of carbonyl (C=O) groups excluding carboxylic acids is 1. The fourth-order valence-corrected chi connectivity index (χ4v) is 2.51. The van der Waals surface area contributed by atoms with Crippen molar-refractivity contribution >= 4 is 5.91 Å². The van der Waals surface area contributed by atoms with Crippen molar-refractivity contribution in [3.05, 3.63) is 34.9 Å². The highest BCUT2D eigenvalue weighted by Gasteiger charge is 2.26. The molecule has 1 fully saturated rings. The molecule has 0 spiro atoms. The van der Waals surface area contributed by atoms with Crippen molar-refractivity contribution < 1.29 is 9.53 Å². The maximum Gasteiger partial charge on any atom is 0.254 e. The highest BCUT2D eigenvalue weighted by atomic mass is 16.5. The average Bonchev–Trinajstić information content (AvgIpc) is 2.53. The molecule has 0 aliphatic carbocycles. The predicted molar refractivity (Wildman–Crippen MR) is 83.0 cm³/mol. The Morgan fingerprint density at radius 3 is 3.00 bits per heavy atom. The Morgan fingerprint density at radius 1 is 1.52 bits per heavy atom. The van der Waals surface area contributed by atoms with E-state index in [4.69, 9.17) is 10.5 Å². The summed E-state index contributed by atoms with van der Waals surface area (Å²) in [7, 11) is 0. The van der Waals surface area contributed by atoms with Crippen LogP contribution in [0.25, 0.3) is 0 Å². The molecule has 1 amide bonds. The summed E-state index contributed by atoms with van der Waals surface area (Å²) in [6, 6.07) is 5.82. The zero-order valence-corrected chi connectivity index (χ0v) is 12.7. The molecule has 1 unspecified atom stereocenters. The predicted octanol–water partition coefficient (Wildman–Crippen LogP) is 1.56. The Labute approximate surface area is 126 Å². The van der Waals surface area contributed by atoms with E-state index < -0.39 is 0 Å². The van der Waals surface area contributed by atoms with Crippen molar-refractivity contribution in [3.8, 4) is 11.8 Å². The first kappa shape index (κ1) is 15.6. The largest absolute Gasteiger partial charge is 0.377 e. The standard InChI is InChI=1S/C17H22N2O2/c1-3-16-12-21-10-9-19(16)17(20)15-7-6-14(5-4-8-18)13(2)11-15/h6-7,11,16H,3,8-10,12,18H2,1-2H3. The summed E-state index contributed by atoms with van der Waals surface area (Å²) >= 11 is 0. The maximum absolute atomic E-state index is 12.7. The Morgan fingerprint density at radius 2 is 2.33 bits per heavy atom. The number of ether oxygens (including phenoxy) is 1. The van der Waals surface area contributed by atoms with Crippen molar-refractivity contribution in [1.29, 1.82) is 0 Å². The second-order valence-corrected chi connectivity index (χ2v) is 5.17. The smallest absolute Gasteiger partial charge is 0.254 e. The Kier molecular flexibility index (Phi) is 5.38. The first-order chi connectivity index (χ1) is 10.2. The maximum atomic E-state index is 12.7. The van der Waals surface area contributed by atoms with Crippen LogP contribution in [0.15, 0.2) is 18.2 Å². The molecule has 1 aromatic rings. The van der Waals surface area contributed by atoms with Crippen LogP contribution in [0.1, 0.15) is 34.8 Å². The molecule has 2 rings (SSSR count). The Hall–Kier alpha value is -1.83. The molecule has 1 saturated heterocycles. The molecule has 4 heteroatoms. The van der Waals surface area contributed by atoms with E-state index in [1.54, 1.807) is 0 Å². The lowest BCUT2D eigenvalue weighted by molar-refractivity contribution is -0.00280. The molecule has 2 N–H and O–H groups in total. The van der Waals surface area contributed by atoms with Gasteiger partial charge in [-0.2, -0.15) is 0 Å². The molecular formula is C17H22N2O2. The number of aryl methyl sites for hydroxylation is 1. The van der Waals surface area contributed by atoms with Gasteiger partial charge in [-0.15, -0.1) is 0 Å².